The molecule has 0 aliphatic carbocycles. The molecule has 5 aromatic rings. The number of fused-ring (bicyclic) bond motifs is 1. The Labute approximate surface area is 227 Å². The summed E-state index contributed by atoms with van der Waals surface area (Å²) in [5.41, 5.74) is 6.69. The smallest absolute Gasteiger partial charge is 0.278 e. The first-order valence-corrected chi connectivity index (χ1v) is 13.3. The second kappa shape index (κ2) is 10.0. The number of hydrogen-bond donors (Lipinski definition) is 1. The van der Waals surface area contributed by atoms with Crippen LogP contribution in [-0.2, 0) is 13.6 Å². The first-order chi connectivity index (χ1) is 18.9. The topological polar surface area (TPSA) is 89.0 Å². The molecule has 1 aliphatic heterocycles. The summed E-state index contributed by atoms with van der Waals surface area (Å²) in [7, 11) is 4.06. The summed E-state index contributed by atoms with van der Waals surface area (Å²) in [6, 6.07) is 14.4. The van der Waals surface area contributed by atoms with Gasteiger partial charge in [0.1, 0.15) is 5.39 Å². The van der Waals surface area contributed by atoms with Crippen LogP contribution in [0.5, 0.6) is 0 Å². The van der Waals surface area contributed by atoms with Gasteiger partial charge in [-0.2, -0.15) is 10.1 Å². The first kappa shape index (κ1) is 24.9. The molecule has 0 atom stereocenters. The Kier molecular flexibility index (Phi) is 6.40. The maximum absolute atomic E-state index is 13.3. The van der Waals surface area contributed by atoms with E-state index in [1.165, 1.54) is 11.3 Å². The molecule has 3 aromatic heterocycles. The molecule has 1 aliphatic rings. The number of hydrogen-bond acceptors (Lipinski definition) is 7. The third kappa shape index (κ3) is 4.67. The van der Waals surface area contributed by atoms with E-state index in [-0.39, 0.29) is 5.56 Å². The highest BCUT2D eigenvalue weighted by atomic mass is 16.1. The zero-order valence-electron chi connectivity index (χ0n) is 22.8. The minimum Gasteiger partial charge on any atom is -0.369 e. The Balaban J connectivity index is 1.35. The minimum absolute atomic E-state index is 0.113. The van der Waals surface area contributed by atoms with Gasteiger partial charge in [-0.25, -0.2) is 14.3 Å². The number of rotatable bonds is 6. The van der Waals surface area contributed by atoms with Crippen LogP contribution < -0.4 is 15.8 Å². The van der Waals surface area contributed by atoms with Gasteiger partial charge in [0.25, 0.3) is 5.56 Å². The van der Waals surface area contributed by atoms with Crippen molar-refractivity contribution in [2.75, 3.05) is 43.4 Å². The molecular formula is C29H33N9O. The largest absolute Gasteiger partial charge is 0.369 e. The Morgan fingerprint density at radius 2 is 1.79 bits per heavy atom. The van der Waals surface area contributed by atoms with E-state index in [2.05, 4.69) is 63.4 Å². The van der Waals surface area contributed by atoms with E-state index in [1.807, 2.05) is 49.2 Å². The predicted octanol–water partition coefficient (Wildman–Crippen LogP) is 3.81. The van der Waals surface area contributed by atoms with Crippen molar-refractivity contribution in [2.24, 2.45) is 7.05 Å². The van der Waals surface area contributed by atoms with Crippen molar-refractivity contribution < 1.29 is 0 Å². The van der Waals surface area contributed by atoms with Gasteiger partial charge < -0.3 is 15.1 Å². The van der Waals surface area contributed by atoms with Gasteiger partial charge >= 0.3 is 0 Å². The lowest BCUT2D eigenvalue weighted by molar-refractivity contribution is 0.312. The van der Waals surface area contributed by atoms with Crippen LogP contribution >= 0.6 is 0 Å². The lowest BCUT2D eigenvalue weighted by atomic mass is 10.1. The average Bonchev–Trinajstić information content (AvgIpc) is 3.50. The molecule has 10 heteroatoms. The summed E-state index contributed by atoms with van der Waals surface area (Å²) in [5, 5.41) is 8.13. The van der Waals surface area contributed by atoms with Crippen LogP contribution in [0.3, 0.4) is 0 Å². The quantitative estimate of drug-likeness (QED) is 0.362. The molecule has 0 amide bonds. The van der Waals surface area contributed by atoms with Gasteiger partial charge in [0.15, 0.2) is 5.65 Å². The van der Waals surface area contributed by atoms with Gasteiger partial charge in [-0.15, -0.1) is 0 Å². The third-order valence-corrected chi connectivity index (χ3v) is 7.40. The van der Waals surface area contributed by atoms with Crippen LogP contribution in [0, 0.1) is 6.92 Å². The standard InChI is InChI=1S/C29H33N9O/c1-5-37-28(39)25-18-30-29(32-23-9-10-26(20(2)15-23)36-13-11-34(3)12-14-36)33-27(25)38(37)24-8-6-7-21(16-24)22-17-31-35(4)19-22/h6-10,15-19H,5,11-14H2,1-4H3,(H,30,32,33). The van der Waals surface area contributed by atoms with E-state index in [0.717, 1.165) is 48.7 Å². The van der Waals surface area contributed by atoms with Crippen molar-refractivity contribution in [3.05, 3.63) is 77.0 Å². The molecule has 200 valence electrons. The highest BCUT2D eigenvalue weighted by Gasteiger charge is 2.19. The number of aromatic nitrogens is 6. The molecule has 4 heterocycles. The highest BCUT2D eigenvalue weighted by Crippen LogP contribution is 2.27. The second-order valence-electron chi connectivity index (χ2n) is 10.1. The number of benzene rings is 2. The van der Waals surface area contributed by atoms with E-state index in [1.54, 1.807) is 15.6 Å². The van der Waals surface area contributed by atoms with Gasteiger partial charge in [-0.3, -0.25) is 9.48 Å². The van der Waals surface area contributed by atoms with Gasteiger partial charge in [0.2, 0.25) is 5.95 Å². The van der Waals surface area contributed by atoms with Gasteiger partial charge in [0.05, 0.1) is 11.9 Å². The molecule has 0 spiro atoms. The predicted molar refractivity (Wildman–Crippen MR) is 155 cm³/mol. The van der Waals surface area contributed by atoms with Gasteiger partial charge in [-0.1, -0.05) is 12.1 Å². The summed E-state index contributed by atoms with van der Waals surface area (Å²) < 4.78 is 5.35. The fourth-order valence-electron chi connectivity index (χ4n) is 5.29. The number of piperazine rings is 1. The maximum Gasteiger partial charge on any atom is 0.278 e. The van der Waals surface area contributed by atoms with E-state index >= 15 is 0 Å². The van der Waals surface area contributed by atoms with Crippen LogP contribution in [0.25, 0.3) is 27.8 Å². The monoisotopic (exact) mass is 523 g/mol. The SMILES string of the molecule is CCn1c(=O)c2cnc(Nc3ccc(N4CCN(C)CC4)c(C)c3)nc2n1-c1cccc(-c2cnn(C)c2)c1. The number of aryl methyl sites for hydroxylation is 2. The molecule has 2 aromatic carbocycles. The molecule has 39 heavy (non-hydrogen) atoms. The maximum atomic E-state index is 13.3. The fourth-order valence-corrected chi connectivity index (χ4v) is 5.29. The van der Waals surface area contributed by atoms with Crippen molar-refractivity contribution in [3.8, 4) is 16.8 Å². The van der Waals surface area contributed by atoms with Crippen LogP contribution in [0.2, 0.25) is 0 Å². The lowest BCUT2D eigenvalue weighted by Crippen LogP contribution is -2.44. The Morgan fingerprint density at radius 1 is 0.974 bits per heavy atom. The van der Waals surface area contributed by atoms with Crippen molar-refractivity contribution in [1.29, 1.82) is 0 Å². The molecule has 1 saturated heterocycles. The summed E-state index contributed by atoms with van der Waals surface area (Å²) in [4.78, 5) is 27.4. The van der Waals surface area contributed by atoms with Gasteiger partial charge in [0, 0.05) is 69.1 Å². The Hall–Kier alpha value is -4.44. The fraction of sp³-hybridized carbons (Fsp3) is 0.310. The second-order valence-corrected chi connectivity index (χ2v) is 10.1. The number of nitrogens with zero attached hydrogens (tertiary/aromatic N) is 8. The van der Waals surface area contributed by atoms with Crippen LogP contribution in [0.4, 0.5) is 17.3 Å². The molecule has 10 nitrogen and oxygen atoms in total. The molecule has 0 bridgehead atoms. The van der Waals surface area contributed by atoms with Crippen molar-refractivity contribution in [3.63, 3.8) is 0 Å². The Bertz CT molecular complexity index is 1710. The number of anilines is 3. The third-order valence-electron chi connectivity index (χ3n) is 7.40. The first-order valence-electron chi connectivity index (χ1n) is 13.3. The van der Waals surface area contributed by atoms with Crippen LogP contribution in [-0.4, -0.2) is 67.2 Å². The van der Waals surface area contributed by atoms with Crippen LogP contribution in [0.15, 0.2) is 65.8 Å². The molecule has 6 rings (SSSR count). The van der Waals surface area contributed by atoms with E-state index in [0.29, 0.717) is 23.5 Å². The minimum atomic E-state index is -0.113. The van der Waals surface area contributed by atoms with Crippen molar-refractivity contribution in [1.82, 2.24) is 34.0 Å². The van der Waals surface area contributed by atoms with Crippen LogP contribution in [0.1, 0.15) is 12.5 Å². The molecule has 0 unspecified atom stereocenters. The summed E-state index contributed by atoms with van der Waals surface area (Å²) >= 11 is 0. The zero-order chi connectivity index (χ0) is 27.1. The normalized spacial score (nSPS) is 14.3. The summed E-state index contributed by atoms with van der Waals surface area (Å²) in [6.45, 7) is 8.78. The van der Waals surface area contributed by atoms with Gasteiger partial charge in [-0.05, 0) is 62.4 Å². The van der Waals surface area contributed by atoms with E-state index < -0.39 is 0 Å². The number of nitrogens with one attached hydrogen (secondary N) is 1. The molecular weight excluding hydrogens is 490 g/mol. The summed E-state index contributed by atoms with van der Waals surface area (Å²) in [6.07, 6.45) is 5.42. The zero-order valence-corrected chi connectivity index (χ0v) is 22.8. The van der Waals surface area contributed by atoms with E-state index in [4.69, 9.17) is 4.98 Å². The number of likely N-dealkylation sites (N-methyl/N-ethyl adjacent to an activating group) is 1. The summed E-state index contributed by atoms with van der Waals surface area (Å²) in [5.74, 6) is 0.444. The molecule has 1 N–H and O–H groups in total. The van der Waals surface area contributed by atoms with Crippen molar-refractivity contribution >= 4 is 28.4 Å². The van der Waals surface area contributed by atoms with E-state index in [9.17, 15) is 4.79 Å². The highest BCUT2D eigenvalue weighted by molar-refractivity contribution is 5.78. The average molecular weight is 524 g/mol. The molecule has 0 saturated carbocycles. The lowest BCUT2D eigenvalue weighted by Gasteiger charge is -2.35. The Morgan fingerprint density at radius 3 is 2.51 bits per heavy atom. The molecule has 0 radical (unpaired) electrons. The van der Waals surface area contributed by atoms with Crippen molar-refractivity contribution in [2.45, 2.75) is 20.4 Å². The molecule has 1 fully saturated rings.